The average Bonchev–Trinajstić information content (AvgIpc) is 2.32. The second-order valence-corrected chi connectivity index (χ2v) is 3.63. The van der Waals surface area contributed by atoms with E-state index in [0.717, 1.165) is 0 Å². The SMILES string of the molecule is O=C(O)c1cccc(Oc2ncccc2Cl)c1. The molecule has 2 rings (SSSR count). The van der Waals surface area contributed by atoms with Crippen molar-refractivity contribution in [2.75, 3.05) is 0 Å². The van der Waals surface area contributed by atoms with Gasteiger partial charge < -0.3 is 9.84 Å². The molecule has 0 saturated carbocycles. The van der Waals surface area contributed by atoms with Gasteiger partial charge in [0.05, 0.1) is 5.56 Å². The highest BCUT2D eigenvalue weighted by Crippen LogP contribution is 2.26. The average molecular weight is 250 g/mol. The maximum atomic E-state index is 10.8. The maximum Gasteiger partial charge on any atom is 0.335 e. The van der Waals surface area contributed by atoms with Crippen LogP contribution in [0, 0.1) is 0 Å². The van der Waals surface area contributed by atoms with E-state index < -0.39 is 5.97 Å². The van der Waals surface area contributed by atoms with Crippen LogP contribution in [-0.2, 0) is 0 Å². The molecule has 5 heteroatoms. The Labute approximate surface area is 102 Å². The summed E-state index contributed by atoms with van der Waals surface area (Å²) in [6.07, 6.45) is 1.54. The Kier molecular flexibility index (Phi) is 3.25. The van der Waals surface area contributed by atoms with E-state index in [1.54, 1.807) is 30.5 Å². The van der Waals surface area contributed by atoms with E-state index in [4.69, 9.17) is 21.4 Å². The third-order valence-electron chi connectivity index (χ3n) is 2.02. The molecule has 17 heavy (non-hydrogen) atoms. The summed E-state index contributed by atoms with van der Waals surface area (Å²) in [7, 11) is 0. The zero-order chi connectivity index (χ0) is 12.3. The fourth-order valence-corrected chi connectivity index (χ4v) is 1.41. The molecule has 0 aliphatic heterocycles. The highest BCUT2D eigenvalue weighted by molar-refractivity contribution is 6.31. The Bertz CT molecular complexity index is 557. The lowest BCUT2D eigenvalue weighted by atomic mass is 10.2. The van der Waals surface area contributed by atoms with Gasteiger partial charge in [0.2, 0.25) is 5.88 Å². The summed E-state index contributed by atoms with van der Waals surface area (Å²) >= 11 is 5.87. The van der Waals surface area contributed by atoms with Crippen LogP contribution < -0.4 is 4.74 Å². The fourth-order valence-electron chi connectivity index (χ4n) is 1.25. The zero-order valence-corrected chi connectivity index (χ0v) is 9.39. The number of nitrogens with zero attached hydrogens (tertiary/aromatic N) is 1. The Balaban J connectivity index is 2.28. The number of hydrogen-bond donors (Lipinski definition) is 1. The molecule has 4 nitrogen and oxygen atoms in total. The molecule has 2 aromatic rings. The third-order valence-corrected chi connectivity index (χ3v) is 2.31. The molecule has 1 aromatic carbocycles. The first-order valence-corrected chi connectivity index (χ1v) is 5.16. The van der Waals surface area contributed by atoms with E-state index in [1.165, 1.54) is 12.1 Å². The molecule has 0 amide bonds. The van der Waals surface area contributed by atoms with Gasteiger partial charge in [0.1, 0.15) is 10.8 Å². The second kappa shape index (κ2) is 4.84. The number of pyridine rings is 1. The van der Waals surface area contributed by atoms with Gasteiger partial charge in [0.15, 0.2) is 0 Å². The summed E-state index contributed by atoms with van der Waals surface area (Å²) in [4.78, 5) is 14.7. The van der Waals surface area contributed by atoms with Gasteiger partial charge in [-0.25, -0.2) is 9.78 Å². The molecule has 0 unspecified atom stereocenters. The Hall–Kier alpha value is -2.07. The van der Waals surface area contributed by atoms with E-state index in [1.807, 2.05) is 0 Å². The number of aromatic nitrogens is 1. The number of rotatable bonds is 3. The highest BCUT2D eigenvalue weighted by atomic mass is 35.5. The summed E-state index contributed by atoms with van der Waals surface area (Å²) in [5.41, 5.74) is 0.148. The quantitative estimate of drug-likeness (QED) is 0.907. The van der Waals surface area contributed by atoms with Gasteiger partial charge in [-0.2, -0.15) is 0 Å². The molecular weight excluding hydrogens is 242 g/mol. The molecule has 0 fully saturated rings. The first-order chi connectivity index (χ1) is 8.16. The largest absolute Gasteiger partial charge is 0.478 e. The fraction of sp³-hybridized carbons (Fsp3) is 0. The van der Waals surface area contributed by atoms with Gasteiger partial charge in [0, 0.05) is 6.20 Å². The van der Waals surface area contributed by atoms with Crippen molar-refractivity contribution >= 4 is 17.6 Å². The molecule has 0 bridgehead atoms. The van der Waals surface area contributed by atoms with Crippen LogP contribution in [0.15, 0.2) is 42.6 Å². The predicted octanol–water partition coefficient (Wildman–Crippen LogP) is 3.23. The number of hydrogen-bond acceptors (Lipinski definition) is 3. The standard InChI is InChI=1S/C12H8ClNO3/c13-10-5-2-6-14-11(10)17-9-4-1-3-8(7-9)12(15)16/h1-7H,(H,15,16). The third kappa shape index (κ3) is 2.73. The normalized spacial score (nSPS) is 9.94. The molecule has 86 valence electrons. The van der Waals surface area contributed by atoms with Gasteiger partial charge >= 0.3 is 5.97 Å². The van der Waals surface area contributed by atoms with Crippen molar-refractivity contribution in [3.05, 3.63) is 53.2 Å². The Morgan fingerprint density at radius 2 is 2.12 bits per heavy atom. The molecule has 0 spiro atoms. The Morgan fingerprint density at radius 1 is 1.29 bits per heavy atom. The van der Waals surface area contributed by atoms with Crippen LogP contribution in [0.1, 0.15) is 10.4 Å². The summed E-state index contributed by atoms with van der Waals surface area (Å²) in [5, 5.41) is 9.20. The topological polar surface area (TPSA) is 59.4 Å². The van der Waals surface area contributed by atoms with Gasteiger partial charge in [0.25, 0.3) is 0 Å². The van der Waals surface area contributed by atoms with Crippen molar-refractivity contribution in [2.45, 2.75) is 0 Å². The number of carboxylic acid groups (broad SMARTS) is 1. The molecule has 0 radical (unpaired) electrons. The van der Waals surface area contributed by atoms with Crippen molar-refractivity contribution in [1.29, 1.82) is 0 Å². The molecule has 0 aliphatic rings. The monoisotopic (exact) mass is 249 g/mol. The summed E-state index contributed by atoms with van der Waals surface area (Å²) < 4.78 is 5.39. The molecule has 0 saturated heterocycles. The van der Waals surface area contributed by atoms with Gasteiger partial charge in [-0.3, -0.25) is 0 Å². The van der Waals surface area contributed by atoms with Crippen LogP contribution in [0.25, 0.3) is 0 Å². The predicted molar refractivity (Wildman–Crippen MR) is 62.7 cm³/mol. The summed E-state index contributed by atoms with van der Waals surface area (Å²) in [5.74, 6) is -0.384. The zero-order valence-electron chi connectivity index (χ0n) is 8.63. The molecule has 0 atom stereocenters. The van der Waals surface area contributed by atoms with Crippen molar-refractivity contribution < 1.29 is 14.6 Å². The summed E-state index contributed by atoms with van der Waals surface area (Å²) in [6, 6.07) is 9.45. The van der Waals surface area contributed by atoms with Crippen LogP contribution in [0.3, 0.4) is 0 Å². The van der Waals surface area contributed by atoms with Crippen LogP contribution in [0.5, 0.6) is 11.6 Å². The molecule has 1 N–H and O–H groups in total. The Morgan fingerprint density at radius 3 is 2.82 bits per heavy atom. The van der Waals surface area contributed by atoms with Crippen molar-refractivity contribution in [1.82, 2.24) is 4.98 Å². The van der Waals surface area contributed by atoms with E-state index in [2.05, 4.69) is 4.98 Å². The van der Waals surface area contributed by atoms with Crippen LogP contribution in [0.2, 0.25) is 5.02 Å². The lowest BCUT2D eigenvalue weighted by molar-refractivity contribution is 0.0696. The lowest BCUT2D eigenvalue weighted by Gasteiger charge is -2.06. The minimum atomic E-state index is -1.01. The molecule has 1 aromatic heterocycles. The summed E-state index contributed by atoms with van der Waals surface area (Å²) in [6.45, 7) is 0. The smallest absolute Gasteiger partial charge is 0.335 e. The van der Waals surface area contributed by atoms with Crippen molar-refractivity contribution in [3.8, 4) is 11.6 Å². The minimum absolute atomic E-state index is 0.148. The number of carboxylic acids is 1. The number of aromatic carboxylic acids is 1. The van der Waals surface area contributed by atoms with Crippen molar-refractivity contribution in [3.63, 3.8) is 0 Å². The van der Waals surface area contributed by atoms with E-state index in [9.17, 15) is 4.79 Å². The number of halogens is 1. The first kappa shape index (κ1) is 11.4. The van der Waals surface area contributed by atoms with Crippen LogP contribution in [0.4, 0.5) is 0 Å². The molecular formula is C12H8ClNO3. The maximum absolute atomic E-state index is 10.8. The second-order valence-electron chi connectivity index (χ2n) is 3.23. The van der Waals surface area contributed by atoms with E-state index in [-0.39, 0.29) is 11.4 Å². The van der Waals surface area contributed by atoms with E-state index >= 15 is 0 Å². The number of carbonyl (C=O) groups is 1. The lowest BCUT2D eigenvalue weighted by Crippen LogP contribution is -1.96. The van der Waals surface area contributed by atoms with Crippen LogP contribution in [-0.4, -0.2) is 16.1 Å². The minimum Gasteiger partial charge on any atom is -0.478 e. The number of benzene rings is 1. The molecule has 1 heterocycles. The molecule has 0 aliphatic carbocycles. The van der Waals surface area contributed by atoms with Gasteiger partial charge in [-0.05, 0) is 30.3 Å². The van der Waals surface area contributed by atoms with Crippen molar-refractivity contribution in [2.24, 2.45) is 0 Å². The highest BCUT2D eigenvalue weighted by Gasteiger charge is 2.07. The van der Waals surface area contributed by atoms with Crippen LogP contribution >= 0.6 is 11.6 Å². The number of ether oxygens (including phenoxy) is 1. The van der Waals surface area contributed by atoms with Gasteiger partial charge in [-0.1, -0.05) is 17.7 Å². The first-order valence-electron chi connectivity index (χ1n) is 4.78. The van der Waals surface area contributed by atoms with Gasteiger partial charge in [-0.15, -0.1) is 0 Å². The van der Waals surface area contributed by atoms with E-state index in [0.29, 0.717) is 10.8 Å².